The van der Waals surface area contributed by atoms with Crippen LogP contribution in [0.1, 0.15) is 64.9 Å². The van der Waals surface area contributed by atoms with Gasteiger partial charge in [-0.25, -0.2) is 0 Å². The summed E-state index contributed by atoms with van der Waals surface area (Å²) in [5, 5.41) is 5.43. The maximum absolute atomic E-state index is 12.9. The van der Waals surface area contributed by atoms with Gasteiger partial charge in [-0.15, -0.1) is 0 Å². The van der Waals surface area contributed by atoms with Crippen LogP contribution in [-0.4, -0.2) is 41.8 Å². The lowest BCUT2D eigenvalue weighted by Gasteiger charge is -2.35. The number of carbonyl (C=O) groups excluding carboxylic acids is 3. The maximum Gasteiger partial charge on any atom is 0.243 e. The first kappa shape index (κ1) is 22.9. The zero-order chi connectivity index (χ0) is 21.4. The first-order valence-electron chi connectivity index (χ1n) is 10.6. The molecular formula is C23H35N3O3. The Hall–Kier alpha value is -2.37. The van der Waals surface area contributed by atoms with E-state index in [9.17, 15) is 14.4 Å². The van der Waals surface area contributed by atoms with Crippen LogP contribution in [0.2, 0.25) is 0 Å². The molecule has 0 atom stereocenters. The van der Waals surface area contributed by atoms with Crippen LogP contribution in [-0.2, 0) is 14.4 Å². The molecule has 1 saturated carbocycles. The lowest BCUT2D eigenvalue weighted by atomic mass is 9.89. The minimum Gasteiger partial charge on any atom is -0.345 e. The first-order chi connectivity index (χ1) is 13.6. The number of rotatable bonds is 7. The third-order valence-corrected chi connectivity index (χ3v) is 5.08. The fraction of sp³-hybridized carbons (Fsp3) is 0.609. The Labute approximate surface area is 174 Å². The molecule has 0 unspecified atom stereocenters. The normalized spacial score (nSPS) is 14.9. The van der Waals surface area contributed by atoms with Crippen molar-refractivity contribution in [2.75, 3.05) is 18.4 Å². The topological polar surface area (TPSA) is 78.5 Å². The van der Waals surface area contributed by atoms with E-state index in [4.69, 9.17) is 0 Å². The van der Waals surface area contributed by atoms with Gasteiger partial charge in [0, 0.05) is 18.2 Å². The van der Waals surface area contributed by atoms with Gasteiger partial charge in [-0.2, -0.15) is 0 Å². The number of carbonyl (C=O) groups is 3. The van der Waals surface area contributed by atoms with Gasteiger partial charge in [-0.1, -0.05) is 52.2 Å². The number of amides is 3. The predicted molar refractivity (Wildman–Crippen MR) is 115 cm³/mol. The standard InChI is InChI=1S/C23H35N3O3/c1-17-9-8-10-18(13-17)25-20(27)15-24-21(28)16-26(19-11-6-5-7-12-19)22(29)14-23(2,3)4/h8-10,13,19H,5-7,11-12,14-16H2,1-4H3,(H,24,28)(H,25,27). The number of anilines is 1. The van der Waals surface area contributed by atoms with Crippen LogP contribution in [0.15, 0.2) is 24.3 Å². The minimum absolute atomic E-state index is 0.0112. The summed E-state index contributed by atoms with van der Waals surface area (Å²) in [4.78, 5) is 39.2. The quantitative estimate of drug-likeness (QED) is 0.732. The smallest absolute Gasteiger partial charge is 0.243 e. The highest BCUT2D eigenvalue weighted by Gasteiger charge is 2.29. The van der Waals surface area contributed by atoms with Crippen LogP contribution in [0.25, 0.3) is 0 Å². The Balaban J connectivity index is 1.90. The molecule has 0 heterocycles. The Morgan fingerprint density at radius 1 is 1.07 bits per heavy atom. The number of hydrogen-bond donors (Lipinski definition) is 2. The summed E-state index contributed by atoms with van der Waals surface area (Å²) in [6, 6.07) is 7.61. The summed E-state index contributed by atoms with van der Waals surface area (Å²) in [6.45, 7) is 7.93. The second kappa shape index (κ2) is 10.4. The van der Waals surface area contributed by atoms with Gasteiger partial charge in [0.25, 0.3) is 0 Å². The van der Waals surface area contributed by atoms with Crippen molar-refractivity contribution >= 4 is 23.4 Å². The highest BCUT2D eigenvalue weighted by molar-refractivity contribution is 5.95. The molecule has 0 radical (unpaired) electrons. The first-order valence-corrected chi connectivity index (χ1v) is 10.6. The van der Waals surface area contributed by atoms with Crippen LogP contribution >= 0.6 is 0 Å². The Morgan fingerprint density at radius 3 is 2.38 bits per heavy atom. The van der Waals surface area contributed by atoms with Gasteiger partial charge in [-0.3, -0.25) is 14.4 Å². The monoisotopic (exact) mass is 401 g/mol. The summed E-state index contributed by atoms with van der Waals surface area (Å²) < 4.78 is 0. The van der Waals surface area contributed by atoms with E-state index in [1.54, 1.807) is 4.90 Å². The third-order valence-electron chi connectivity index (χ3n) is 5.08. The lowest BCUT2D eigenvalue weighted by Crippen LogP contribution is -2.48. The van der Waals surface area contributed by atoms with Crippen molar-refractivity contribution in [3.8, 4) is 0 Å². The molecule has 1 aromatic carbocycles. The van der Waals surface area contributed by atoms with E-state index in [0.717, 1.165) is 31.2 Å². The van der Waals surface area contributed by atoms with Crippen LogP contribution in [0.5, 0.6) is 0 Å². The Morgan fingerprint density at radius 2 is 1.76 bits per heavy atom. The van der Waals surface area contributed by atoms with Crippen molar-refractivity contribution in [3.05, 3.63) is 29.8 Å². The Bertz CT molecular complexity index is 718. The number of benzene rings is 1. The lowest BCUT2D eigenvalue weighted by molar-refractivity contribution is -0.140. The highest BCUT2D eigenvalue weighted by Crippen LogP contribution is 2.26. The number of nitrogens with zero attached hydrogens (tertiary/aromatic N) is 1. The molecule has 0 bridgehead atoms. The van der Waals surface area contributed by atoms with Crippen LogP contribution in [0, 0.1) is 12.3 Å². The summed E-state index contributed by atoms with van der Waals surface area (Å²) in [6.07, 6.45) is 5.65. The maximum atomic E-state index is 12.9. The molecule has 29 heavy (non-hydrogen) atoms. The van der Waals surface area contributed by atoms with E-state index < -0.39 is 0 Å². The van der Waals surface area contributed by atoms with Crippen LogP contribution in [0.3, 0.4) is 0 Å². The molecule has 1 fully saturated rings. The Kier molecular flexibility index (Phi) is 8.23. The molecule has 0 aromatic heterocycles. The zero-order valence-corrected chi connectivity index (χ0v) is 18.2. The van der Waals surface area contributed by atoms with Gasteiger partial charge in [0.1, 0.15) is 0 Å². The second-order valence-electron chi connectivity index (χ2n) is 9.25. The van der Waals surface area contributed by atoms with Crippen LogP contribution < -0.4 is 10.6 Å². The van der Waals surface area contributed by atoms with E-state index in [-0.39, 0.29) is 42.3 Å². The molecule has 2 N–H and O–H groups in total. The number of hydrogen-bond acceptors (Lipinski definition) is 3. The zero-order valence-electron chi connectivity index (χ0n) is 18.2. The van der Waals surface area contributed by atoms with Gasteiger partial charge in [-0.05, 0) is 42.9 Å². The molecule has 6 nitrogen and oxygen atoms in total. The van der Waals surface area contributed by atoms with Crippen molar-refractivity contribution in [1.82, 2.24) is 10.2 Å². The molecule has 160 valence electrons. The largest absolute Gasteiger partial charge is 0.345 e. The van der Waals surface area contributed by atoms with Gasteiger partial charge in [0.15, 0.2) is 0 Å². The summed E-state index contributed by atoms with van der Waals surface area (Å²) in [5.74, 6) is -0.560. The molecule has 1 aromatic rings. The minimum atomic E-state index is -0.294. The van der Waals surface area contributed by atoms with E-state index >= 15 is 0 Å². The molecule has 0 spiro atoms. The van der Waals surface area contributed by atoms with E-state index in [1.807, 2.05) is 52.0 Å². The van der Waals surface area contributed by atoms with Crippen molar-refractivity contribution in [3.63, 3.8) is 0 Å². The van der Waals surface area contributed by atoms with Gasteiger partial charge in [0.2, 0.25) is 17.7 Å². The second-order valence-corrected chi connectivity index (χ2v) is 9.25. The molecule has 1 aliphatic rings. The molecule has 6 heteroatoms. The van der Waals surface area contributed by atoms with E-state index in [2.05, 4.69) is 10.6 Å². The summed E-state index contributed by atoms with van der Waals surface area (Å²) in [5.41, 5.74) is 1.62. The van der Waals surface area contributed by atoms with Crippen molar-refractivity contribution < 1.29 is 14.4 Å². The molecular weight excluding hydrogens is 366 g/mol. The molecule has 2 rings (SSSR count). The number of aryl methyl sites for hydroxylation is 1. The van der Waals surface area contributed by atoms with Crippen LogP contribution in [0.4, 0.5) is 5.69 Å². The molecule has 1 aliphatic carbocycles. The van der Waals surface area contributed by atoms with Gasteiger partial charge < -0.3 is 15.5 Å². The van der Waals surface area contributed by atoms with Gasteiger partial charge in [0.05, 0.1) is 13.1 Å². The third kappa shape index (κ3) is 8.26. The highest BCUT2D eigenvalue weighted by atomic mass is 16.2. The summed E-state index contributed by atoms with van der Waals surface area (Å²) >= 11 is 0. The fourth-order valence-corrected chi connectivity index (χ4v) is 3.69. The van der Waals surface area contributed by atoms with Crippen molar-refractivity contribution in [1.29, 1.82) is 0 Å². The SMILES string of the molecule is Cc1cccc(NC(=O)CNC(=O)CN(C(=O)CC(C)(C)C)C2CCCCC2)c1. The molecule has 3 amide bonds. The summed E-state index contributed by atoms with van der Waals surface area (Å²) in [7, 11) is 0. The van der Waals surface area contributed by atoms with Crippen molar-refractivity contribution in [2.24, 2.45) is 5.41 Å². The average molecular weight is 402 g/mol. The average Bonchev–Trinajstić information content (AvgIpc) is 2.63. The predicted octanol–water partition coefficient (Wildman–Crippen LogP) is 3.65. The van der Waals surface area contributed by atoms with E-state index in [1.165, 1.54) is 6.42 Å². The molecule has 0 saturated heterocycles. The van der Waals surface area contributed by atoms with E-state index in [0.29, 0.717) is 12.1 Å². The van der Waals surface area contributed by atoms with Crippen molar-refractivity contribution in [2.45, 2.75) is 72.3 Å². The number of nitrogens with one attached hydrogen (secondary N) is 2. The fourth-order valence-electron chi connectivity index (χ4n) is 3.69. The van der Waals surface area contributed by atoms with Gasteiger partial charge >= 0.3 is 0 Å². The molecule has 0 aliphatic heterocycles.